The highest BCUT2D eigenvalue weighted by atomic mass is 14.7. The van der Waals surface area contributed by atoms with Crippen LogP contribution in [0.4, 0.5) is 0 Å². The molecule has 0 radical (unpaired) electrons. The Balaban J connectivity index is 2.42. The molecule has 3 nitrogen and oxygen atoms in total. The molecular weight excluding hydrogens is 222 g/mol. The predicted octanol–water partition coefficient (Wildman–Crippen LogP) is 3.18. The highest BCUT2D eigenvalue weighted by Crippen LogP contribution is 2.19. The van der Waals surface area contributed by atoms with Gasteiger partial charge < -0.3 is 0 Å². The molecule has 0 aliphatic carbocycles. The second-order valence-electron chi connectivity index (χ2n) is 3.62. The molecule has 1 heterocycles. The lowest BCUT2D eigenvalue weighted by atomic mass is 10.1. The Bertz CT molecular complexity index is 642. The number of hydrogen-bond donors (Lipinski definition) is 0. The van der Waals surface area contributed by atoms with Gasteiger partial charge in [-0.2, -0.15) is 10.5 Å². The molecule has 0 bridgehead atoms. The van der Waals surface area contributed by atoms with Crippen molar-refractivity contribution in [3.05, 3.63) is 59.8 Å². The minimum atomic E-state index is 0.0909. The van der Waals surface area contributed by atoms with Gasteiger partial charge in [0, 0.05) is 11.8 Å². The molecule has 0 aliphatic rings. The van der Waals surface area contributed by atoms with Crippen molar-refractivity contribution < 1.29 is 0 Å². The summed E-state index contributed by atoms with van der Waals surface area (Å²) in [5, 5.41) is 17.4. The molecule has 0 saturated carbocycles. The number of hydrogen-bond acceptors (Lipinski definition) is 3. The number of benzene rings is 1. The fourth-order valence-electron chi connectivity index (χ4n) is 1.58. The van der Waals surface area contributed by atoms with Crippen LogP contribution in [0.5, 0.6) is 0 Å². The van der Waals surface area contributed by atoms with E-state index in [2.05, 4.69) is 4.98 Å². The van der Waals surface area contributed by atoms with Crippen LogP contribution in [0.1, 0.15) is 5.56 Å². The molecule has 0 amide bonds. The van der Waals surface area contributed by atoms with Gasteiger partial charge in [0.15, 0.2) is 0 Å². The SMILES string of the molecule is N#CC(C#N)=Cc1cccc(-c2ccccn2)c1. The zero-order valence-electron chi connectivity index (χ0n) is 9.54. The Hall–Kier alpha value is -2.91. The number of pyridine rings is 1. The van der Waals surface area contributed by atoms with Crippen LogP contribution in [0.25, 0.3) is 17.3 Å². The number of aromatic nitrogens is 1. The van der Waals surface area contributed by atoms with Crippen molar-refractivity contribution >= 4 is 6.08 Å². The van der Waals surface area contributed by atoms with E-state index in [-0.39, 0.29) is 5.57 Å². The van der Waals surface area contributed by atoms with Gasteiger partial charge in [-0.3, -0.25) is 4.98 Å². The molecule has 0 spiro atoms. The van der Waals surface area contributed by atoms with Crippen LogP contribution in [0, 0.1) is 22.7 Å². The van der Waals surface area contributed by atoms with Gasteiger partial charge in [-0.15, -0.1) is 0 Å². The lowest BCUT2D eigenvalue weighted by Gasteiger charge is -2.01. The van der Waals surface area contributed by atoms with Crippen molar-refractivity contribution in [1.82, 2.24) is 4.98 Å². The molecule has 84 valence electrons. The predicted molar refractivity (Wildman–Crippen MR) is 68.9 cm³/mol. The second-order valence-corrected chi connectivity index (χ2v) is 3.62. The second kappa shape index (κ2) is 5.43. The van der Waals surface area contributed by atoms with Crippen LogP contribution in [0.2, 0.25) is 0 Å². The van der Waals surface area contributed by atoms with Crippen LogP contribution in [0.3, 0.4) is 0 Å². The van der Waals surface area contributed by atoms with Crippen molar-refractivity contribution in [1.29, 1.82) is 10.5 Å². The van der Waals surface area contributed by atoms with Gasteiger partial charge in [0.1, 0.15) is 17.7 Å². The fourth-order valence-corrected chi connectivity index (χ4v) is 1.58. The third-order valence-electron chi connectivity index (χ3n) is 2.40. The van der Waals surface area contributed by atoms with E-state index in [0.29, 0.717) is 0 Å². The molecule has 0 aliphatic heterocycles. The molecule has 18 heavy (non-hydrogen) atoms. The molecule has 2 rings (SSSR count). The third-order valence-corrected chi connectivity index (χ3v) is 2.40. The van der Waals surface area contributed by atoms with E-state index in [9.17, 15) is 0 Å². The summed E-state index contributed by atoms with van der Waals surface area (Å²) in [7, 11) is 0. The third kappa shape index (κ3) is 2.61. The topological polar surface area (TPSA) is 60.5 Å². The average Bonchev–Trinajstić information content (AvgIpc) is 2.46. The smallest absolute Gasteiger partial charge is 0.130 e. The lowest BCUT2D eigenvalue weighted by Crippen LogP contribution is -1.83. The van der Waals surface area contributed by atoms with Gasteiger partial charge in [-0.1, -0.05) is 24.3 Å². The molecule has 0 atom stereocenters. The first kappa shape index (κ1) is 11.6. The van der Waals surface area contributed by atoms with Crippen molar-refractivity contribution in [3.63, 3.8) is 0 Å². The van der Waals surface area contributed by atoms with E-state index in [1.54, 1.807) is 12.3 Å². The first-order valence-electron chi connectivity index (χ1n) is 5.37. The summed E-state index contributed by atoms with van der Waals surface area (Å²) in [6.45, 7) is 0. The Morgan fingerprint density at radius 2 is 1.89 bits per heavy atom. The number of nitrogens with zero attached hydrogens (tertiary/aromatic N) is 3. The molecule has 3 heteroatoms. The van der Waals surface area contributed by atoms with Crippen LogP contribution in [-0.2, 0) is 0 Å². The van der Waals surface area contributed by atoms with Crippen LogP contribution in [-0.4, -0.2) is 4.98 Å². The molecule has 0 saturated heterocycles. The van der Waals surface area contributed by atoms with Gasteiger partial charge in [-0.25, -0.2) is 0 Å². The average molecular weight is 231 g/mol. The minimum absolute atomic E-state index is 0.0909. The van der Waals surface area contributed by atoms with Gasteiger partial charge in [0.05, 0.1) is 5.69 Å². The summed E-state index contributed by atoms with van der Waals surface area (Å²) in [5.74, 6) is 0. The molecule has 0 unspecified atom stereocenters. The number of rotatable bonds is 2. The normalized spacial score (nSPS) is 9.00. The monoisotopic (exact) mass is 231 g/mol. The maximum atomic E-state index is 8.72. The van der Waals surface area contributed by atoms with Crippen LogP contribution >= 0.6 is 0 Å². The number of nitriles is 2. The largest absolute Gasteiger partial charge is 0.256 e. The highest BCUT2D eigenvalue weighted by molar-refractivity contribution is 5.68. The highest BCUT2D eigenvalue weighted by Gasteiger charge is 1.99. The summed E-state index contributed by atoms with van der Waals surface area (Å²) >= 11 is 0. The van der Waals surface area contributed by atoms with Gasteiger partial charge in [0.2, 0.25) is 0 Å². The summed E-state index contributed by atoms with van der Waals surface area (Å²) in [6.07, 6.45) is 3.29. The fraction of sp³-hybridized carbons (Fsp3) is 0. The van der Waals surface area contributed by atoms with E-state index in [1.807, 2.05) is 54.6 Å². The summed E-state index contributed by atoms with van der Waals surface area (Å²) in [5.41, 5.74) is 2.73. The van der Waals surface area contributed by atoms with E-state index in [4.69, 9.17) is 10.5 Å². The van der Waals surface area contributed by atoms with Crippen molar-refractivity contribution in [3.8, 4) is 23.4 Å². The van der Waals surface area contributed by atoms with Crippen molar-refractivity contribution in [2.24, 2.45) is 0 Å². The van der Waals surface area contributed by atoms with Crippen molar-refractivity contribution in [2.45, 2.75) is 0 Å². The molecule has 1 aromatic heterocycles. The Kier molecular flexibility index (Phi) is 3.49. The Morgan fingerprint density at radius 1 is 1.06 bits per heavy atom. The van der Waals surface area contributed by atoms with Crippen LogP contribution in [0.15, 0.2) is 54.2 Å². The summed E-state index contributed by atoms with van der Waals surface area (Å²) in [6, 6.07) is 16.9. The molecule has 0 fully saturated rings. The van der Waals surface area contributed by atoms with Crippen molar-refractivity contribution in [2.75, 3.05) is 0 Å². The van der Waals surface area contributed by atoms with Gasteiger partial charge in [0.25, 0.3) is 0 Å². The molecule has 0 N–H and O–H groups in total. The summed E-state index contributed by atoms with van der Waals surface area (Å²) in [4.78, 5) is 4.26. The maximum Gasteiger partial charge on any atom is 0.130 e. The zero-order valence-corrected chi connectivity index (χ0v) is 9.54. The van der Waals surface area contributed by atoms with E-state index < -0.39 is 0 Å². The zero-order chi connectivity index (χ0) is 12.8. The number of allylic oxidation sites excluding steroid dienone is 1. The molecule has 2 aromatic rings. The van der Waals surface area contributed by atoms with E-state index in [0.717, 1.165) is 16.8 Å². The van der Waals surface area contributed by atoms with E-state index in [1.165, 1.54) is 0 Å². The van der Waals surface area contributed by atoms with Gasteiger partial charge >= 0.3 is 0 Å². The maximum absolute atomic E-state index is 8.72. The first-order chi connectivity index (χ1) is 8.83. The Morgan fingerprint density at radius 3 is 2.56 bits per heavy atom. The minimum Gasteiger partial charge on any atom is -0.256 e. The van der Waals surface area contributed by atoms with Crippen LogP contribution < -0.4 is 0 Å². The molecule has 1 aromatic carbocycles. The summed E-state index contributed by atoms with van der Waals surface area (Å²) < 4.78 is 0. The quantitative estimate of drug-likeness (QED) is 0.746. The van der Waals surface area contributed by atoms with E-state index >= 15 is 0 Å². The Labute approximate surface area is 105 Å². The lowest BCUT2D eigenvalue weighted by molar-refractivity contribution is 1.32. The van der Waals surface area contributed by atoms with Gasteiger partial charge in [-0.05, 0) is 29.8 Å². The standard InChI is InChI=1S/C15H9N3/c16-10-13(11-17)8-12-4-3-5-14(9-12)15-6-1-2-7-18-15/h1-9H. The first-order valence-corrected chi connectivity index (χ1v) is 5.37. The molecular formula is C15H9N3.